The van der Waals surface area contributed by atoms with Gasteiger partial charge in [0.15, 0.2) is 8.32 Å². The molecule has 0 unspecified atom stereocenters. The molecule has 110 valence electrons. The van der Waals surface area contributed by atoms with Crippen LogP contribution in [0.1, 0.15) is 28.4 Å². The molecule has 4 heteroatoms. The van der Waals surface area contributed by atoms with Crippen LogP contribution in [-0.4, -0.2) is 8.32 Å². The first-order valence-corrected chi connectivity index (χ1v) is 10.5. The minimum absolute atomic E-state index is 0.174. The fourth-order valence-corrected chi connectivity index (χ4v) is 3.13. The third kappa shape index (κ3) is 4.05. The molecule has 22 heavy (non-hydrogen) atoms. The second kappa shape index (κ2) is 6.57. The lowest BCUT2D eigenvalue weighted by molar-refractivity contribution is 0.240. The zero-order valence-corrected chi connectivity index (χ0v) is 14.0. The lowest BCUT2D eigenvalue weighted by Gasteiger charge is -2.27. The highest BCUT2D eigenvalue weighted by atomic mass is 28.4. The van der Waals surface area contributed by atoms with Gasteiger partial charge < -0.3 is 4.43 Å². The maximum absolute atomic E-state index is 8.92. The van der Waals surface area contributed by atoms with Crippen LogP contribution >= 0.6 is 0 Å². The van der Waals surface area contributed by atoms with Crippen molar-refractivity contribution in [3.05, 3.63) is 70.8 Å². The lowest BCUT2D eigenvalue weighted by atomic mass is 10.00. The summed E-state index contributed by atoms with van der Waals surface area (Å²) in [5, 5.41) is 17.8. The van der Waals surface area contributed by atoms with Crippen molar-refractivity contribution in [2.24, 2.45) is 0 Å². The predicted octanol–water partition coefficient (Wildman–Crippen LogP) is 4.37. The molecule has 0 spiro atoms. The molecule has 0 saturated carbocycles. The van der Waals surface area contributed by atoms with Crippen molar-refractivity contribution in [1.82, 2.24) is 0 Å². The van der Waals surface area contributed by atoms with Gasteiger partial charge in [0, 0.05) is 0 Å². The topological polar surface area (TPSA) is 56.8 Å². The van der Waals surface area contributed by atoms with E-state index in [1.807, 2.05) is 24.3 Å². The standard InChI is InChI=1S/C18H18N2OSi/c1-22(2,3)21-18(16-8-4-14(12-19)5-9-16)17-10-6-15(13-20)7-11-17/h4-11,18H,1-3H3. The highest BCUT2D eigenvalue weighted by Gasteiger charge is 2.23. The Labute approximate surface area is 132 Å². The molecule has 0 aliphatic heterocycles. The predicted molar refractivity (Wildman–Crippen MR) is 88.6 cm³/mol. The molecule has 0 amide bonds. The average molecular weight is 306 g/mol. The number of nitriles is 2. The van der Waals surface area contributed by atoms with E-state index in [1.165, 1.54) is 0 Å². The van der Waals surface area contributed by atoms with Crippen LogP contribution in [0.4, 0.5) is 0 Å². The molecule has 0 N–H and O–H groups in total. The van der Waals surface area contributed by atoms with Crippen LogP contribution in [0.15, 0.2) is 48.5 Å². The van der Waals surface area contributed by atoms with Gasteiger partial charge in [-0.15, -0.1) is 0 Å². The van der Waals surface area contributed by atoms with Crippen molar-refractivity contribution < 1.29 is 4.43 Å². The Bertz CT molecular complexity index is 659. The zero-order valence-electron chi connectivity index (χ0n) is 13.0. The molecule has 0 saturated heterocycles. The third-order valence-corrected chi connectivity index (χ3v) is 4.10. The highest BCUT2D eigenvalue weighted by Crippen LogP contribution is 2.29. The van der Waals surface area contributed by atoms with Gasteiger partial charge in [-0.3, -0.25) is 0 Å². The Balaban J connectivity index is 2.41. The number of benzene rings is 2. The van der Waals surface area contributed by atoms with Gasteiger partial charge in [-0.05, 0) is 55.0 Å². The summed E-state index contributed by atoms with van der Waals surface area (Å²) in [5.41, 5.74) is 3.31. The largest absolute Gasteiger partial charge is 0.407 e. The molecule has 0 fully saturated rings. The SMILES string of the molecule is C[Si](C)(C)OC(c1ccc(C#N)cc1)c1ccc(C#N)cc1. The Hall–Kier alpha value is -2.40. The van der Waals surface area contributed by atoms with E-state index in [4.69, 9.17) is 14.9 Å². The maximum atomic E-state index is 8.92. The Kier molecular flexibility index (Phi) is 4.77. The second-order valence-electron chi connectivity index (χ2n) is 6.08. The molecule has 0 atom stereocenters. The summed E-state index contributed by atoms with van der Waals surface area (Å²) in [6.07, 6.45) is -0.174. The summed E-state index contributed by atoms with van der Waals surface area (Å²) in [6.45, 7) is 6.44. The van der Waals surface area contributed by atoms with Crippen LogP contribution in [0.25, 0.3) is 0 Å². The van der Waals surface area contributed by atoms with Gasteiger partial charge >= 0.3 is 0 Å². The molecular formula is C18H18N2OSi. The molecule has 0 aliphatic carbocycles. The van der Waals surface area contributed by atoms with E-state index in [2.05, 4.69) is 31.8 Å². The quantitative estimate of drug-likeness (QED) is 0.788. The fraction of sp³-hybridized carbons (Fsp3) is 0.222. The van der Waals surface area contributed by atoms with Gasteiger partial charge in [0.05, 0.1) is 29.4 Å². The van der Waals surface area contributed by atoms with Crippen molar-refractivity contribution in [3.8, 4) is 12.1 Å². The van der Waals surface area contributed by atoms with E-state index >= 15 is 0 Å². The summed E-state index contributed by atoms with van der Waals surface area (Å²) < 4.78 is 6.33. The molecule has 3 nitrogen and oxygen atoms in total. The molecule has 2 aromatic rings. The molecule has 0 aliphatic rings. The van der Waals surface area contributed by atoms with Crippen molar-refractivity contribution in [2.45, 2.75) is 25.7 Å². The van der Waals surface area contributed by atoms with E-state index in [0.29, 0.717) is 11.1 Å². The van der Waals surface area contributed by atoms with Crippen molar-refractivity contribution >= 4 is 8.32 Å². The van der Waals surface area contributed by atoms with Crippen LogP contribution in [0.2, 0.25) is 19.6 Å². The minimum Gasteiger partial charge on any atom is -0.407 e. The summed E-state index contributed by atoms with van der Waals surface area (Å²) in [4.78, 5) is 0. The average Bonchev–Trinajstić information content (AvgIpc) is 2.52. The van der Waals surface area contributed by atoms with E-state index in [9.17, 15) is 0 Å². The summed E-state index contributed by atoms with van der Waals surface area (Å²) in [7, 11) is -1.76. The smallest absolute Gasteiger partial charge is 0.185 e. The highest BCUT2D eigenvalue weighted by molar-refractivity contribution is 6.69. The zero-order chi connectivity index (χ0) is 16.2. The summed E-state index contributed by atoms with van der Waals surface area (Å²) in [6, 6.07) is 19.2. The van der Waals surface area contributed by atoms with Crippen LogP contribution in [0.3, 0.4) is 0 Å². The van der Waals surface area contributed by atoms with E-state index in [1.54, 1.807) is 24.3 Å². The van der Waals surface area contributed by atoms with Crippen molar-refractivity contribution in [2.75, 3.05) is 0 Å². The normalized spacial score (nSPS) is 11.0. The van der Waals surface area contributed by atoms with Gasteiger partial charge in [0.2, 0.25) is 0 Å². The molecule has 0 aromatic heterocycles. The fourth-order valence-electron chi connectivity index (χ4n) is 2.15. The Morgan fingerprint density at radius 2 is 1.14 bits per heavy atom. The molecule has 0 bridgehead atoms. The van der Waals surface area contributed by atoms with E-state index in [-0.39, 0.29) is 6.10 Å². The lowest BCUT2D eigenvalue weighted by Crippen LogP contribution is -2.28. The number of hydrogen-bond acceptors (Lipinski definition) is 3. The van der Waals surface area contributed by atoms with Gasteiger partial charge in [-0.2, -0.15) is 10.5 Å². The van der Waals surface area contributed by atoms with Gasteiger partial charge in [-0.25, -0.2) is 0 Å². The number of rotatable bonds is 4. The van der Waals surface area contributed by atoms with Gasteiger partial charge in [-0.1, -0.05) is 24.3 Å². The van der Waals surface area contributed by atoms with Gasteiger partial charge in [0.1, 0.15) is 0 Å². The Morgan fingerprint density at radius 3 is 1.41 bits per heavy atom. The van der Waals surface area contributed by atoms with E-state index < -0.39 is 8.32 Å². The first-order valence-electron chi connectivity index (χ1n) is 7.11. The van der Waals surface area contributed by atoms with Crippen molar-refractivity contribution in [1.29, 1.82) is 10.5 Å². The number of nitrogens with zero attached hydrogens (tertiary/aromatic N) is 2. The van der Waals surface area contributed by atoms with Crippen LogP contribution < -0.4 is 0 Å². The molecule has 2 aromatic carbocycles. The second-order valence-corrected chi connectivity index (χ2v) is 10.5. The molecule has 0 radical (unpaired) electrons. The molecular weight excluding hydrogens is 288 g/mol. The third-order valence-electron chi connectivity index (χ3n) is 3.16. The van der Waals surface area contributed by atoms with Gasteiger partial charge in [0.25, 0.3) is 0 Å². The summed E-state index contributed by atoms with van der Waals surface area (Å²) >= 11 is 0. The maximum Gasteiger partial charge on any atom is 0.185 e. The first-order chi connectivity index (χ1) is 10.4. The first kappa shape index (κ1) is 16.0. The number of hydrogen-bond donors (Lipinski definition) is 0. The molecule has 2 rings (SSSR count). The van der Waals surface area contributed by atoms with Crippen LogP contribution in [0.5, 0.6) is 0 Å². The van der Waals surface area contributed by atoms with E-state index in [0.717, 1.165) is 11.1 Å². The minimum atomic E-state index is -1.76. The molecule has 0 heterocycles. The van der Waals surface area contributed by atoms with Crippen molar-refractivity contribution in [3.63, 3.8) is 0 Å². The monoisotopic (exact) mass is 306 g/mol. The van der Waals surface area contributed by atoms with Crippen LogP contribution in [-0.2, 0) is 4.43 Å². The summed E-state index contributed by atoms with van der Waals surface area (Å²) in [5.74, 6) is 0. The Morgan fingerprint density at radius 1 is 0.773 bits per heavy atom. The van der Waals surface area contributed by atoms with Crippen LogP contribution in [0, 0.1) is 22.7 Å².